The molecule has 0 fully saturated rings. The van der Waals surface area contributed by atoms with Crippen LogP contribution in [-0.4, -0.2) is 6.54 Å². The SMILES string of the molecule is CCCN/C(=C\N)CCC(C)(C)C. The molecule has 13 heavy (non-hydrogen) atoms. The van der Waals surface area contributed by atoms with Crippen LogP contribution in [0.5, 0.6) is 0 Å². The van der Waals surface area contributed by atoms with Crippen LogP contribution < -0.4 is 11.1 Å². The molecule has 0 heterocycles. The summed E-state index contributed by atoms with van der Waals surface area (Å²) in [6.07, 6.45) is 5.07. The molecule has 0 aromatic heterocycles. The molecule has 0 saturated carbocycles. The number of hydrogen-bond acceptors (Lipinski definition) is 2. The van der Waals surface area contributed by atoms with Crippen molar-refractivity contribution >= 4 is 0 Å². The number of nitrogens with one attached hydrogen (secondary N) is 1. The van der Waals surface area contributed by atoms with E-state index in [2.05, 4.69) is 33.0 Å². The third-order valence-electron chi connectivity index (χ3n) is 1.95. The third-order valence-corrected chi connectivity index (χ3v) is 1.95. The molecule has 0 unspecified atom stereocenters. The Kier molecular flexibility index (Phi) is 5.60. The normalized spacial score (nSPS) is 13.1. The van der Waals surface area contributed by atoms with E-state index in [1.165, 1.54) is 12.1 Å². The molecule has 0 aromatic carbocycles. The summed E-state index contributed by atoms with van der Waals surface area (Å²) < 4.78 is 0. The van der Waals surface area contributed by atoms with Crippen LogP contribution in [0, 0.1) is 5.41 Å². The summed E-state index contributed by atoms with van der Waals surface area (Å²) in [7, 11) is 0. The zero-order valence-corrected chi connectivity index (χ0v) is 9.48. The minimum Gasteiger partial charge on any atom is -0.403 e. The Labute approximate surface area is 82.6 Å². The Bertz CT molecular complexity index is 154. The molecule has 0 aliphatic rings. The predicted octanol–water partition coefficient (Wildman–Crippen LogP) is 2.61. The Balaban J connectivity index is 3.74. The number of nitrogens with two attached hydrogens (primary N) is 1. The lowest BCUT2D eigenvalue weighted by molar-refractivity contribution is 0.373. The summed E-state index contributed by atoms with van der Waals surface area (Å²) in [5.41, 5.74) is 7.09. The highest BCUT2D eigenvalue weighted by Crippen LogP contribution is 2.22. The van der Waals surface area contributed by atoms with Gasteiger partial charge in [0.15, 0.2) is 0 Å². The van der Waals surface area contributed by atoms with Crippen molar-refractivity contribution in [2.45, 2.75) is 47.0 Å². The van der Waals surface area contributed by atoms with Crippen LogP contribution in [0.4, 0.5) is 0 Å². The summed E-state index contributed by atoms with van der Waals surface area (Å²) in [5, 5.41) is 3.33. The molecule has 2 heteroatoms. The van der Waals surface area contributed by atoms with Gasteiger partial charge in [-0.3, -0.25) is 0 Å². The van der Waals surface area contributed by atoms with Crippen molar-refractivity contribution in [3.05, 3.63) is 11.9 Å². The van der Waals surface area contributed by atoms with Gasteiger partial charge in [-0.25, -0.2) is 0 Å². The lowest BCUT2D eigenvalue weighted by atomic mass is 9.90. The fourth-order valence-corrected chi connectivity index (χ4v) is 1.03. The first-order chi connectivity index (χ1) is 5.99. The molecule has 0 aliphatic heterocycles. The van der Waals surface area contributed by atoms with E-state index in [1.54, 1.807) is 6.20 Å². The Hall–Kier alpha value is -0.660. The van der Waals surface area contributed by atoms with Crippen LogP contribution in [-0.2, 0) is 0 Å². The topological polar surface area (TPSA) is 38.0 Å². The maximum absolute atomic E-state index is 5.52. The molecule has 0 atom stereocenters. The molecule has 78 valence electrons. The number of hydrogen-bond donors (Lipinski definition) is 2. The lowest BCUT2D eigenvalue weighted by Crippen LogP contribution is -2.17. The smallest absolute Gasteiger partial charge is 0.0264 e. The highest BCUT2D eigenvalue weighted by molar-refractivity contribution is 4.97. The molecule has 0 saturated heterocycles. The zero-order chi connectivity index (χ0) is 10.3. The largest absolute Gasteiger partial charge is 0.403 e. The maximum Gasteiger partial charge on any atom is 0.0264 e. The molecular weight excluding hydrogens is 160 g/mol. The van der Waals surface area contributed by atoms with Crippen LogP contribution >= 0.6 is 0 Å². The molecule has 2 nitrogen and oxygen atoms in total. The zero-order valence-electron chi connectivity index (χ0n) is 9.48. The van der Waals surface area contributed by atoms with Crippen molar-refractivity contribution in [1.29, 1.82) is 0 Å². The van der Waals surface area contributed by atoms with Gasteiger partial charge in [-0.1, -0.05) is 27.7 Å². The number of rotatable bonds is 5. The first-order valence-electron chi connectivity index (χ1n) is 5.14. The van der Waals surface area contributed by atoms with Gasteiger partial charge in [0.25, 0.3) is 0 Å². The fraction of sp³-hybridized carbons (Fsp3) is 0.818. The summed E-state index contributed by atoms with van der Waals surface area (Å²) in [4.78, 5) is 0. The quantitative estimate of drug-likeness (QED) is 0.689. The molecule has 0 amide bonds. The third kappa shape index (κ3) is 7.69. The Morgan fingerprint density at radius 2 is 2.00 bits per heavy atom. The summed E-state index contributed by atoms with van der Waals surface area (Å²) in [6, 6.07) is 0. The van der Waals surface area contributed by atoms with Crippen molar-refractivity contribution < 1.29 is 0 Å². The standard InChI is InChI=1S/C11H24N2/c1-5-8-13-10(9-12)6-7-11(2,3)4/h9,13H,5-8,12H2,1-4H3/b10-9-. The van der Waals surface area contributed by atoms with E-state index >= 15 is 0 Å². The van der Waals surface area contributed by atoms with Gasteiger partial charge in [0.05, 0.1) is 0 Å². The lowest BCUT2D eigenvalue weighted by Gasteiger charge is -2.19. The highest BCUT2D eigenvalue weighted by Gasteiger charge is 2.10. The van der Waals surface area contributed by atoms with Crippen molar-refractivity contribution in [2.75, 3.05) is 6.54 Å². The van der Waals surface area contributed by atoms with Gasteiger partial charge in [0.1, 0.15) is 0 Å². The van der Waals surface area contributed by atoms with E-state index in [0.717, 1.165) is 19.4 Å². The molecule has 0 radical (unpaired) electrons. The Morgan fingerprint density at radius 1 is 1.38 bits per heavy atom. The van der Waals surface area contributed by atoms with Crippen molar-refractivity contribution in [2.24, 2.45) is 11.1 Å². The van der Waals surface area contributed by atoms with Crippen molar-refractivity contribution in [1.82, 2.24) is 5.32 Å². The van der Waals surface area contributed by atoms with Crippen LogP contribution in [0.3, 0.4) is 0 Å². The first kappa shape index (κ1) is 12.3. The summed E-state index contributed by atoms with van der Waals surface area (Å²) in [6.45, 7) is 9.93. The van der Waals surface area contributed by atoms with E-state index in [9.17, 15) is 0 Å². The van der Waals surface area contributed by atoms with Gasteiger partial charge in [0, 0.05) is 18.4 Å². The van der Waals surface area contributed by atoms with Gasteiger partial charge >= 0.3 is 0 Å². The van der Waals surface area contributed by atoms with E-state index in [0.29, 0.717) is 5.41 Å². The molecule has 0 aromatic rings. The van der Waals surface area contributed by atoms with Gasteiger partial charge in [-0.15, -0.1) is 0 Å². The molecular formula is C11H24N2. The van der Waals surface area contributed by atoms with E-state index in [4.69, 9.17) is 5.73 Å². The minimum atomic E-state index is 0.391. The molecule has 0 rings (SSSR count). The fourth-order valence-electron chi connectivity index (χ4n) is 1.03. The van der Waals surface area contributed by atoms with Gasteiger partial charge < -0.3 is 11.1 Å². The average molecular weight is 184 g/mol. The van der Waals surface area contributed by atoms with Crippen LogP contribution in [0.2, 0.25) is 0 Å². The van der Waals surface area contributed by atoms with E-state index in [-0.39, 0.29) is 0 Å². The summed E-state index contributed by atoms with van der Waals surface area (Å²) in [5.74, 6) is 0. The minimum absolute atomic E-state index is 0.391. The van der Waals surface area contributed by atoms with Crippen LogP contribution in [0.15, 0.2) is 11.9 Å². The van der Waals surface area contributed by atoms with Gasteiger partial charge in [-0.05, 0) is 24.7 Å². The van der Waals surface area contributed by atoms with Gasteiger partial charge in [-0.2, -0.15) is 0 Å². The second-order valence-electron chi connectivity index (χ2n) is 4.68. The average Bonchev–Trinajstić information content (AvgIpc) is 2.03. The summed E-state index contributed by atoms with van der Waals surface area (Å²) >= 11 is 0. The monoisotopic (exact) mass is 184 g/mol. The predicted molar refractivity (Wildman–Crippen MR) is 59.3 cm³/mol. The highest BCUT2D eigenvalue weighted by atomic mass is 14.9. The van der Waals surface area contributed by atoms with Crippen LogP contribution in [0.25, 0.3) is 0 Å². The molecule has 0 spiro atoms. The second kappa shape index (κ2) is 5.90. The second-order valence-corrected chi connectivity index (χ2v) is 4.68. The molecule has 0 bridgehead atoms. The molecule has 3 N–H and O–H groups in total. The first-order valence-corrected chi connectivity index (χ1v) is 5.14. The van der Waals surface area contributed by atoms with Gasteiger partial charge in [0.2, 0.25) is 0 Å². The number of allylic oxidation sites excluding steroid dienone is 1. The van der Waals surface area contributed by atoms with E-state index in [1.807, 2.05) is 0 Å². The van der Waals surface area contributed by atoms with Crippen molar-refractivity contribution in [3.63, 3.8) is 0 Å². The maximum atomic E-state index is 5.52. The van der Waals surface area contributed by atoms with Crippen molar-refractivity contribution in [3.8, 4) is 0 Å². The Morgan fingerprint density at radius 3 is 2.38 bits per heavy atom. The van der Waals surface area contributed by atoms with Crippen LogP contribution in [0.1, 0.15) is 47.0 Å². The van der Waals surface area contributed by atoms with E-state index < -0.39 is 0 Å². The molecule has 0 aliphatic carbocycles.